The van der Waals surface area contributed by atoms with Crippen molar-refractivity contribution in [3.05, 3.63) is 35.4 Å². The summed E-state index contributed by atoms with van der Waals surface area (Å²) in [5.41, 5.74) is 2.26. The van der Waals surface area contributed by atoms with Gasteiger partial charge in [-0.25, -0.2) is 0 Å². The Morgan fingerprint density at radius 2 is 2.13 bits per heavy atom. The summed E-state index contributed by atoms with van der Waals surface area (Å²) >= 11 is 0. The molecule has 78 valence electrons. The maximum Gasteiger partial charge on any atom is 0.169 e. The Morgan fingerprint density at radius 1 is 1.40 bits per heavy atom. The lowest BCUT2D eigenvalue weighted by atomic mass is 9.76. The van der Waals surface area contributed by atoms with E-state index in [-0.39, 0.29) is 5.41 Å². The van der Waals surface area contributed by atoms with Gasteiger partial charge in [0.15, 0.2) is 5.78 Å². The SMILES string of the molecule is CCC1c2ccccc2C(=O)[C@@]2(C)C[C@@H]12. The maximum absolute atomic E-state index is 12.2. The lowest BCUT2D eigenvalue weighted by molar-refractivity contribution is 0.0882. The van der Waals surface area contributed by atoms with Crippen LogP contribution in [-0.2, 0) is 0 Å². The van der Waals surface area contributed by atoms with Crippen LogP contribution in [0.5, 0.6) is 0 Å². The molecule has 3 atom stereocenters. The van der Waals surface area contributed by atoms with Crippen LogP contribution in [0.15, 0.2) is 24.3 Å². The van der Waals surface area contributed by atoms with Gasteiger partial charge in [-0.15, -0.1) is 0 Å². The highest BCUT2D eigenvalue weighted by Crippen LogP contribution is 2.64. The van der Waals surface area contributed by atoms with Gasteiger partial charge < -0.3 is 0 Å². The topological polar surface area (TPSA) is 17.1 Å². The van der Waals surface area contributed by atoms with E-state index in [2.05, 4.69) is 26.0 Å². The third-order valence-electron chi connectivity index (χ3n) is 4.35. The summed E-state index contributed by atoms with van der Waals surface area (Å²) < 4.78 is 0. The molecule has 1 nitrogen and oxygen atoms in total. The summed E-state index contributed by atoms with van der Waals surface area (Å²) in [7, 11) is 0. The average Bonchev–Trinajstić information content (AvgIpc) is 2.93. The quantitative estimate of drug-likeness (QED) is 0.679. The number of carbonyl (C=O) groups is 1. The van der Waals surface area contributed by atoms with Gasteiger partial charge >= 0.3 is 0 Å². The molecular formula is C14H16O. The van der Waals surface area contributed by atoms with Crippen molar-refractivity contribution in [3.63, 3.8) is 0 Å². The van der Waals surface area contributed by atoms with Crippen LogP contribution in [0, 0.1) is 11.3 Å². The number of Topliss-reactive ketones (excluding diaryl/α,β-unsaturated/α-hetero) is 1. The van der Waals surface area contributed by atoms with Crippen LogP contribution in [0.3, 0.4) is 0 Å². The number of fused-ring (bicyclic) bond motifs is 2. The second-order valence-electron chi connectivity index (χ2n) is 5.16. The lowest BCUT2D eigenvalue weighted by Gasteiger charge is -2.27. The van der Waals surface area contributed by atoms with Gasteiger partial charge in [-0.05, 0) is 30.2 Å². The van der Waals surface area contributed by atoms with Gasteiger partial charge in [-0.3, -0.25) is 4.79 Å². The van der Waals surface area contributed by atoms with Crippen molar-refractivity contribution >= 4 is 5.78 Å². The number of hydrogen-bond donors (Lipinski definition) is 0. The van der Waals surface area contributed by atoms with Gasteiger partial charge in [0.2, 0.25) is 0 Å². The van der Waals surface area contributed by atoms with Crippen molar-refractivity contribution in [1.29, 1.82) is 0 Å². The Balaban J connectivity index is 2.18. The summed E-state index contributed by atoms with van der Waals surface area (Å²) in [6.07, 6.45) is 2.25. The Labute approximate surface area is 90.5 Å². The number of carbonyl (C=O) groups excluding carboxylic acids is 1. The standard InChI is InChI=1S/C14H16O/c1-3-9-10-6-4-5-7-11(10)13(15)14(2)8-12(9)14/h4-7,9,12H,3,8H2,1-2H3/t9?,12-,14-/m0/s1. The minimum atomic E-state index is -0.0188. The highest BCUT2D eigenvalue weighted by atomic mass is 16.1. The Kier molecular flexibility index (Phi) is 1.66. The molecule has 0 aliphatic heterocycles. The molecule has 1 aromatic carbocycles. The first-order chi connectivity index (χ1) is 7.18. The van der Waals surface area contributed by atoms with Crippen LogP contribution < -0.4 is 0 Å². The van der Waals surface area contributed by atoms with Crippen LogP contribution >= 0.6 is 0 Å². The van der Waals surface area contributed by atoms with E-state index >= 15 is 0 Å². The predicted molar refractivity (Wildman–Crippen MR) is 60.0 cm³/mol. The molecule has 1 saturated carbocycles. The van der Waals surface area contributed by atoms with E-state index in [0.717, 1.165) is 18.4 Å². The molecule has 0 amide bonds. The number of hydrogen-bond acceptors (Lipinski definition) is 1. The maximum atomic E-state index is 12.2. The van der Waals surface area contributed by atoms with E-state index in [4.69, 9.17) is 0 Å². The Morgan fingerprint density at radius 3 is 2.87 bits per heavy atom. The fraction of sp³-hybridized carbons (Fsp3) is 0.500. The van der Waals surface area contributed by atoms with Crippen LogP contribution in [0.4, 0.5) is 0 Å². The zero-order valence-electron chi connectivity index (χ0n) is 9.29. The molecule has 0 bridgehead atoms. The molecule has 1 unspecified atom stereocenters. The second kappa shape index (κ2) is 2.72. The van der Waals surface area contributed by atoms with E-state index in [1.807, 2.05) is 12.1 Å². The van der Waals surface area contributed by atoms with Crippen molar-refractivity contribution in [3.8, 4) is 0 Å². The lowest BCUT2D eigenvalue weighted by Crippen LogP contribution is -2.25. The molecule has 2 aliphatic rings. The van der Waals surface area contributed by atoms with Gasteiger partial charge in [0.1, 0.15) is 0 Å². The van der Waals surface area contributed by atoms with Crippen LogP contribution in [0.1, 0.15) is 48.5 Å². The van der Waals surface area contributed by atoms with E-state index < -0.39 is 0 Å². The highest BCUT2D eigenvalue weighted by Gasteiger charge is 2.61. The normalized spacial score (nSPS) is 37.1. The molecule has 1 heteroatoms. The molecule has 0 saturated heterocycles. The first-order valence-corrected chi connectivity index (χ1v) is 5.82. The molecule has 2 aliphatic carbocycles. The molecule has 3 rings (SSSR count). The molecule has 15 heavy (non-hydrogen) atoms. The van der Waals surface area contributed by atoms with Gasteiger partial charge in [0.05, 0.1) is 0 Å². The summed E-state index contributed by atoms with van der Waals surface area (Å²) in [5.74, 6) is 1.61. The molecule has 0 aromatic heterocycles. The van der Waals surface area contributed by atoms with Crippen molar-refractivity contribution in [2.45, 2.75) is 32.6 Å². The van der Waals surface area contributed by atoms with Crippen LogP contribution in [-0.4, -0.2) is 5.78 Å². The number of benzene rings is 1. The summed E-state index contributed by atoms with van der Waals surface area (Å²) in [6, 6.07) is 8.18. The highest BCUT2D eigenvalue weighted by molar-refractivity contribution is 6.05. The first-order valence-electron chi connectivity index (χ1n) is 5.82. The van der Waals surface area contributed by atoms with Crippen molar-refractivity contribution < 1.29 is 4.79 Å². The van der Waals surface area contributed by atoms with E-state index in [9.17, 15) is 4.79 Å². The minimum absolute atomic E-state index is 0.0188. The predicted octanol–water partition coefficient (Wildman–Crippen LogP) is 3.40. The van der Waals surface area contributed by atoms with Crippen LogP contribution in [0.25, 0.3) is 0 Å². The average molecular weight is 200 g/mol. The number of ketones is 1. The molecule has 0 heterocycles. The van der Waals surface area contributed by atoms with Crippen molar-refractivity contribution in [2.75, 3.05) is 0 Å². The fourth-order valence-electron chi connectivity index (χ4n) is 3.30. The van der Waals surface area contributed by atoms with Gasteiger partial charge in [-0.1, -0.05) is 38.1 Å². The molecule has 0 spiro atoms. The third-order valence-corrected chi connectivity index (χ3v) is 4.35. The van der Waals surface area contributed by atoms with Crippen molar-refractivity contribution in [1.82, 2.24) is 0 Å². The van der Waals surface area contributed by atoms with Gasteiger partial charge in [0.25, 0.3) is 0 Å². The Hall–Kier alpha value is -1.11. The van der Waals surface area contributed by atoms with E-state index in [1.165, 1.54) is 5.56 Å². The summed E-state index contributed by atoms with van der Waals surface area (Å²) in [4.78, 5) is 12.2. The molecular weight excluding hydrogens is 184 g/mol. The largest absolute Gasteiger partial charge is 0.294 e. The minimum Gasteiger partial charge on any atom is -0.294 e. The smallest absolute Gasteiger partial charge is 0.169 e. The third kappa shape index (κ3) is 1.01. The monoisotopic (exact) mass is 200 g/mol. The summed E-state index contributed by atoms with van der Waals surface area (Å²) in [5, 5.41) is 0. The van der Waals surface area contributed by atoms with Gasteiger partial charge in [0, 0.05) is 11.0 Å². The van der Waals surface area contributed by atoms with Gasteiger partial charge in [-0.2, -0.15) is 0 Å². The fourth-order valence-corrected chi connectivity index (χ4v) is 3.30. The Bertz CT molecular complexity index is 435. The van der Waals surface area contributed by atoms with E-state index in [0.29, 0.717) is 17.6 Å². The molecule has 0 radical (unpaired) electrons. The molecule has 1 aromatic rings. The first kappa shape index (κ1) is 9.14. The summed E-state index contributed by atoms with van der Waals surface area (Å²) in [6.45, 7) is 4.37. The van der Waals surface area contributed by atoms with Crippen LogP contribution in [0.2, 0.25) is 0 Å². The molecule has 0 N–H and O–H groups in total. The molecule has 1 fully saturated rings. The van der Waals surface area contributed by atoms with E-state index in [1.54, 1.807) is 0 Å². The zero-order valence-corrected chi connectivity index (χ0v) is 9.29. The van der Waals surface area contributed by atoms with Crippen molar-refractivity contribution in [2.24, 2.45) is 11.3 Å². The number of rotatable bonds is 1. The second-order valence-corrected chi connectivity index (χ2v) is 5.16. The zero-order chi connectivity index (χ0) is 10.6.